The highest BCUT2D eigenvalue weighted by Crippen LogP contribution is 2.21. The molecule has 0 saturated heterocycles. The zero-order valence-corrected chi connectivity index (χ0v) is 17.7. The second kappa shape index (κ2) is 8.51. The van der Waals surface area contributed by atoms with Crippen LogP contribution >= 0.6 is 0 Å². The molecule has 6 nitrogen and oxygen atoms in total. The predicted molar refractivity (Wildman–Crippen MR) is 118 cm³/mol. The molecule has 0 radical (unpaired) electrons. The second-order valence-electron chi connectivity index (χ2n) is 6.97. The molecule has 3 aromatic rings. The van der Waals surface area contributed by atoms with Crippen LogP contribution in [0.2, 0.25) is 0 Å². The van der Waals surface area contributed by atoms with Crippen molar-refractivity contribution in [2.45, 2.75) is 25.7 Å². The van der Waals surface area contributed by atoms with Gasteiger partial charge < -0.3 is 5.32 Å². The van der Waals surface area contributed by atoms with Gasteiger partial charge in [-0.15, -0.1) is 0 Å². The highest BCUT2D eigenvalue weighted by atomic mass is 32.2. The monoisotopic (exact) mass is 422 g/mol. The fraction of sp³-hybridized carbons (Fsp3) is 0.130. The molecular formula is C23H22N2O4S. The number of hydrogen-bond donors (Lipinski definition) is 2. The van der Waals surface area contributed by atoms with Gasteiger partial charge in [0.2, 0.25) is 0 Å². The molecule has 0 heterocycles. The molecule has 0 aliphatic heterocycles. The molecule has 30 heavy (non-hydrogen) atoms. The highest BCUT2D eigenvalue weighted by molar-refractivity contribution is 7.92. The molecule has 0 spiro atoms. The Balaban J connectivity index is 1.72. The van der Waals surface area contributed by atoms with Crippen molar-refractivity contribution in [2.24, 2.45) is 0 Å². The maximum absolute atomic E-state index is 12.5. The van der Waals surface area contributed by atoms with Gasteiger partial charge in [0.25, 0.3) is 15.9 Å². The summed E-state index contributed by atoms with van der Waals surface area (Å²) in [5, 5.41) is 2.87. The number of sulfonamides is 1. The average molecular weight is 423 g/mol. The summed E-state index contributed by atoms with van der Waals surface area (Å²) >= 11 is 0. The van der Waals surface area contributed by atoms with Gasteiger partial charge in [0.15, 0.2) is 5.78 Å². The van der Waals surface area contributed by atoms with Crippen molar-refractivity contribution in [1.29, 1.82) is 0 Å². The summed E-state index contributed by atoms with van der Waals surface area (Å²) < 4.78 is 27.5. The first kappa shape index (κ1) is 21.3. The molecule has 0 saturated carbocycles. The Kier molecular flexibility index (Phi) is 6.03. The first-order valence-corrected chi connectivity index (χ1v) is 10.8. The number of aryl methyl sites for hydroxylation is 1. The van der Waals surface area contributed by atoms with Crippen LogP contribution in [-0.2, 0) is 10.0 Å². The minimum atomic E-state index is -3.81. The minimum Gasteiger partial charge on any atom is -0.322 e. The van der Waals surface area contributed by atoms with Crippen molar-refractivity contribution < 1.29 is 18.0 Å². The number of carbonyl (C=O) groups is 2. The Hall–Kier alpha value is -3.45. The number of ketones is 1. The van der Waals surface area contributed by atoms with Gasteiger partial charge in [0, 0.05) is 22.5 Å². The number of hydrogen-bond acceptors (Lipinski definition) is 4. The fourth-order valence-electron chi connectivity index (χ4n) is 2.85. The lowest BCUT2D eigenvalue weighted by atomic mass is 10.1. The van der Waals surface area contributed by atoms with Gasteiger partial charge >= 0.3 is 0 Å². The van der Waals surface area contributed by atoms with Gasteiger partial charge in [0.05, 0.1) is 4.90 Å². The molecule has 0 atom stereocenters. The topological polar surface area (TPSA) is 92.3 Å². The molecule has 3 rings (SSSR count). The maximum atomic E-state index is 12.5. The molecular weight excluding hydrogens is 400 g/mol. The number of nitrogens with one attached hydrogen (secondary N) is 2. The molecule has 2 N–H and O–H groups in total. The van der Waals surface area contributed by atoms with Gasteiger partial charge in [-0.2, -0.15) is 0 Å². The van der Waals surface area contributed by atoms with E-state index < -0.39 is 10.0 Å². The maximum Gasteiger partial charge on any atom is 0.261 e. The van der Waals surface area contributed by atoms with Crippen LogP contribution in [0.25, 0.3) is 0 Å². The molecule has 0 aliphatic rings. The number of benzene rings is 3. The third-order valence-electron chi connectivity index (χ3n) is 4.82. The van der Waals surface area contributed by atoms with Crippen molar-refractivity contribution >= 4 is 33.1 Å². The van der Waals surface area contributed by atoms with Crippen molar-refractivity contribution in [1.82, 2.24) is 0 Å². The van der Waals surface area contributed by atoms with Crippen LogP contribution in [0.5, 0.6) is 0 Å². The van der Waals surface area contributed by atoms with Gasteiger partial charge in [0.1, 0.15) is 0 Å². The summed E-state index contributed by atoms with van der Waals surface area (Å²) in [6.45, 7) is 5.32. The summed E-state index contributed by atoms with van der Waals surface area (Å²) in [6.07, 6.45) is 0. The van der Waals surface area contributed by atoms with E-state index in [9.17, 15) is 18.0 Å². The summed E-state index contributed by atoms with van der Waals surface area (Å²) in [5.74, 6) is -0.417. The van der Waals surface area contributed by atoms with E-state index in [-0.39, 0.29) is 16.6 Å². The largest absolute Gasteiger partial charge is 0.322 e. The van der Waals surface area contributed by atoms with Crippen molar-refractivity contribution in [3.05, 3.63) is 89.0 Å². The molecule has 0 unspecified atom stereocenters. The lowest BCUT2D eigenvalue weighted by Gasteiger charge is -2.11. The van der Waals surface area contributed by atoms with Gasteiger partial charge in [-0.25, -0.2) is 8.42 Å². The van der Waals surface area contributed by atoms with Crippen LogP contribution in [0.15, 0.2) is 71.6 Å². The van der Waals surface area contributed by atoms with Crippen LogP contribution in [0.1, 0.15) is 38.8 Å². The van der Waals surface area contributed by atoms with Crippen LogP contribution in [0.3, 0.4) is 0 Å². The van der Waals surface area contributed by atoms with Gasteiger partial charge in [-0.3, -0.25) is 14.3 Å². The predicted octanol–water partition coefficient (Wildman–Crippen LogP) is 4.56. The van der Waals surface area contributed by atoms with E-state index in [1.54, 1.807) is 12.1 Å². The third-order valence-corrected chi connectivity index (χ3v) is 6.22. The van der Waals surface area contributed by atoms with Crippen molar-refractivity contribution in [3.63, 3.8) is 0 Å². The average Bonchev–Trinajstić information content (AvgIpc) is 2.71. The Morgan fingerprint density at radius 1 is 0.800 bits per heavy atom. The van der Waals surface area contributed by atoms with Crippen LogP contribution in [0.4, 0.5) is 11.4 Å². The van der Waals surface area contributed by atoms with E-state index in [4.69, 9.17) is 0 Å². The lowest BCUT2D eigenvalue weighted by Crippen LogP contribution is -2.15. The summed E-state index contributed by atoms with van der Waals surface area (Å²) in [4.78, 5) is 23.9. The number of anilines is 2. The van der Waals surface area contributed by atoms with E-state index in [1.807, 2.05) is 32.0 Å². The zero-order valence-electron chi connectivity index (χ0n) is 16.9. The van der Waals surface area contributed by atoms with E-state index >= 15 is 0 Å². The Morgan fingerprint density at radius 2 is 1.40 bits per heavy atom. The highest BCUT2D eigenvalue weighted by Gasteiger charge is 2.15. The van der Waals surface area contributed by atoms with Crippen molar-refractivity contribution in [2.75, 3.05) is 10.0 Å². The SMILES string of the molecule is CC(=O)c1ccc(S(=O)(=O)Nc2ccc(C(=O)Nc3cccc(C)c3C)cc2)cc1. The van der Waals surface area contributed by atoms with E-state index in [0.29, 0.717) is 16.8 Å². The Bertz CT molecular complexity index is 1200. The molecule has 0 fully saturated rings. The van der Waals surface area contributed by atoms with E-state index in [1.165, 1.54) is 43.3 Å². The minimum absolute atomic E-state index is 0.0456. The molecule has 0 aromatic heterocycles. The van der Waals surface area contributed by atoms with Gasteiger partial charge in [-0.05, 0) is 74.4 Å². The molecule has 7 heteroatoms. The molecule has 1 amide bonds. The Morgan fingerprint density at radius 3 is 2.00 bits per heavy atom. The number of rotatable bonds is 6. The first-order valence-electron chi connectivity index (χ1n) is 9.29. The van der Waals surface area contributed by atoms with Crippen LogP contribution in [0, 0.1) is 13.8 Å². The second-order valence-corrected chi connectivity index (χ2v) is 8.65. The Labute approximate surface area is 176 Å². The van der Waals surface area contributed by atoms with Crippen molar-refractivity contribution in [3.8, 4) is 0 Å². The molecule has 0 bridgehead atoms. The number of carbonyl (C=O) groups excluding carboxylic acids is 2. The third kappa shape index (κ3) is 4.75. The summed E-state index contributed by atoms with van der Waals surface area (Å²) in [7, 11) is -3.81. The zero-order chi connectivity index (χ0) is 21.9. The van der Waals surface area contributed by atoms with E-state index in [2.05, 4.69) is 10.0 Å². The number of amides is 1. The number of Topliss-reactive ketones (excluding diaryl/α,β-unsaturated/α-hetero) is 1. The smallest absolute Gasteiger partial charge is 0.261 e. The standard InChI is InChI=1S/C23H22N2O4S/c1-15-5-4-6-22(16(15)2)24-23(27)19-7-11-20(12-8-19)25-30(28,29)21-13-9-18(10-14-21)17(3)26/h4-14,25H,1-3H3,(H,24,27). The normalized spacial score (nSPS) is 11.0. The van der Waals surface area contributed by atoms with Gasteiger partial charge in [-0.1, -0.05) is 24.3 Å². The lowest BCUT2D eigenvalue weighted by molar-refractivity contribution is 0.101. The van der Waals surface area contributed by atoms with Crippen LogP contribution in [-0.4, -0.2) is 20.1 Å². The molecule has 0 aliphatic carbocycles. The van der Waals surface area contributed by atoms with E-state index in [0.717, 1.165) is 16.8 Å². The quantitative estimate of drug-likeness (QED) is 0.570. The molecule has 3 aromatic carbocycles. The van der Waals surface area contributed by atoms with Crippen LogP contribution < -0.4 is 10.0 Å². The summed E-state index contributed by atoms with van der Waals surface area (Å²) in [5.41, 5.74) is 3.98. The summed E-state index contributed by atoms with van der Waals surface area (Å²) in [6, 6.07) is 17.5. The fourth-order valence-corrected chi connectivity index (χ4v) is 3.91. The molecule has 154 valence electrons. The first-order chi connectivity index (χ1) is 14.2.